The minimum atomic E-state index is -0.881. The molecule has 2 aromatic carbocycles. The number of phenols is 2. The Balaban J connectivity index is 2.03. The standard InChI is InChI=1S/C18H16N2O5/c1-19(2)13-5-3-10(4-6-13)7-12-8-11-9-14(21)18(23)16(20(24)25)15(11)17(12)22/h3-7,9,21,23H,8H2,1-2H3. The van der Waals surface area contributed by atoms with E-state index in [1.165, 1.54) is 6.07 Å². The van der Waals surface area contributed by atoms with Crippen molar-refractivity contribution in [3.63, 3.8) is 0 Å². The molecule has 0 amide bonds. The van der Waals surface area contributed by atoms with Gasteiger partial charge in [-0.1, -0.05) is 12.1 Å². The maximum atomic E-state index is 12.6. The minimum Gasteiger partial charge on any atom is -0.504 e. The number of ketones is 1. The average Bonchev–Trinajstić information content (AvgIpc) is 2.84. The monoisotopic (exact) mass is 340 g/mol. The van der Waals surface area contributed by atoms with Gasteiger partial charge in [0, 0.05) is 31.8 Å². The van der Waals surface area contributed by atoms with E-state index < -0.39 is 27.9 Å². The number of rotatable bonds is 3. The number of allylic oxidation sites excluding steroid dienone is 1. The summed E-state index contributed by atoms with van der Waals surface area (Å²) in [7, 11) is 3.84. The van der Waals surface area contributed by atoms with Crippen molar-refractivity contribution in [1.82, 2.24) is 0 Å². The fraction of sp³-hybridized carbons (Fsp3) is 0.167. The Morgan fingerprint density at radius 1 is 1.20 bits per heavy atom. The topological polar surface area (TPSA) is 104 Å². The van der Waals surface area contributed by atoms with Crippen molar-refractivity contribution in [2.24, 2.45) is 0 Å². The molecule has 0 saturated carbocycles. The smallest absolute Gasteiger partial charge is 0.326 e. The lowest BCUT2D eigenvalue weighted by Crippen LogP contribution is -2.07. The van der Waals surface area contributed by atoms with E-state index in [1.807, 2.05) is 43.3 Å². The summed E-state index contributed by atoms with van der Waals surface area (Å²) in [5, 5.41) is 30.6. The number of carbonyl (C=O) groups is 1. The quantitative estimate of drug-likeness (QED) is 0.385. The van der Waals surface area contributed by atoms with Crippen molar-refractivity contribution < 1.29 is 19.9 Å². The highest BCUT2D eigenvalue weighted by Crippen LogP contribution is 2.44. The van der Waals surface area contributed by atoms with Crippen LogP contribution in [0.15, 0.2) is 35.9 Å². The lowest BCUT2D eigenvalue weighted by Gasteiger charge is -2.11. The number of phenolic OH excluding ortho intramolecular Hbond substituents is 2. The summed E-state index contributed by atoms with van der Waals surface area (Å²) in [4.78, 5) is 24.9. The molecule has 0 aromatic heterocycles. The number of carbonyl (C=O) groups excluding carboxylic acids is 1. The second kappa shape index (κ2) is 5.94. The average molecular weight is 340 g/mol. The molecule has 7 nitrogen and oxygen atoms in total. The fourth-order valence-electron chi connectivity index (χ4n) is 2.90. The van der Waals surface area contributed by atoms with Crippen LogP contribution in [0.1, 0.15) is 21.5 Å². The molecule has 0 saturated heterocycles. The molecule has 0 radical (unpaired) electrons. The van der Waals surface area contributed by atoms with Crippen molar-refractivity contribution in [2.75, 3.05) is 19.0 Å². The lowest BCUT2D eigenvalue weighted by atomic mass is 10.1. The van der Waals surface area contributed by atoms with E-state index in [4.69, 9.17) is 0 Å². The van der Waals surface area contributed by atoms with Crippen LogP contribution in [0.4, 0.5) is 11.4 Å². The van der Waals surface area contributed by atoms with Crippen LogP contribution in [0.3, 0.4) is 0 Å². The molecule has 25 heavy (non-hydrogen) atoms. The Bertz CT molecular complexity index is 914. The maximum absolute atomic E-state index is 12.6. The van der Waals surface area contributed by atoms with Crippen molar-refractivity contribution in [3.8, 4) is 11.5 Å². The summed E-state index contributed by atoms with van der Waals surface area (Å²) < 4.78 is 0. The predicted octanol–water partition coefficient (Wildman–Crippen LogP) is 2.89. The third-order valence-corrected chi connectivity index (χ3v) is 4.17. The van der Waals surface area contributed by atoms with Gasteiger partial charge in [0.1, 0.15) is 5.56 Å². The van der Waals surface area contributed by atoms with Gasteiger partial charge in [-0.2, -0.15) is 0 Å². The molecule has 0 atom stereocenters. The number of Topliss-reactive ketones (excluding diaryl/α,β-unsaturated/α-hetero) is 1. The number of anilines is 1. The van der Waals surface area contributed by atoms with Gasteiger partial charge in [0.25, 0.3) is 0 Å². The number of fused-ring (bicyclic) bond motifs is 1. The first-order valence-corrected chi connectivity index (χ1v) is 7.54. The Labute approximate surface area is 143 Å². The van der Waals surface area contributed by atoms with Gasteiger partial charge in [-0.05, 0) is 35.4 Å². The predicted molar refractivity (Wildman–Crippen MR) is 93.2 cm³/mol. The Morgan fingerprint density at radius 3 is 2.40 bits per heavy atom. The first kappa shape index (κ1) is 16.5. The number of nitrogens with zero attached hydrogens (tertiary/aromatic N) is 2. The van der Waals surface area contributed by atoms with Gasteiger partial charge in [-0.15, -0.1) is 0 Å². The molecular formula is C18H16N2O5. The van der Waals surface area contributed by atoms with E-state index in [2.05, 4.69) is 0 Å². The summed E-state index contributed by atoms with van der Waals surface area (Å²) >= 11 is 0. The third-order valence-electron chi connectivity index (χ3n) is 4.17. The SMILES string of the molecule is CN(C)c1ccc(C=C2Cc3cc(O)c(O)c([N+](=O)[O-])c3C2=O)cc1. The highest BCUT2D eigenvalue weighted by molar-refractivity contribution is 6.18. The molecule has 0 spiro atoms. The molecule has 0 bridgehead atoms. The van der Waals surface area contributed by atoms with Gasteiger partial charge >= 0.3 is 5.69 Å². The molecule has 2 aromatic rings. The number of nitro benzene ring substituents is 1. The number of hydrogen-bond acceptors (Lipinski definition) is 6. The summed E-state index contributed by atoms with van der Waals surface area (Å²) in [5.74, 6) is -1.99. The normalized spacial score (nSPS) is 14.6. The highest BCUT2D eigenvalue weighted by Gasteiger charge is 2.37. The van der Waals surface area contributed by atoms with E-state index in [1.54, 1.807) is 6.08 Å². The Kier molecular flexibility index (Phi) is 3.92. The van der Waals surface area contributed by atoms with Crippen LogP contribution in [0, 0.1) is 10.1 Å². The van der Waals surface area contributed by atoms with Gasteiger partial charge in [-0.3, -0.25) is 14.9 Å². The minimum absolute atomic E-state index is 0.156. The van der Waals surface area contributed by atoms with E-state index in [-0.39, 0.29) is 12.0 Å². The van der Waals surface area contributed by atoms with Crippen LogP contribution in [-0.2, 0) is 6.42 Å². The fourth-order valence-corrected chi connectivity index (χ4v) is 2.90. The second-order valence-electron chi connectivity index (χ2n) is 6.05. The van der Waals surface area contributed by atoms with Crippen LogP contribution in [0.5, 0.6) is 11.5 Å². The van der Waals surface area contributed by atoms with Gasteiger partial charge in [0.05, 0.1) is 4.92 Å². The van der Waals surface area contributed by atoms with Gasteiger partial charge < -0.3 is 15.1 Å². The van der Waals surface area contributed by atoms with Crippen LogP contribution in [0.2, 0.25) is 0 Å². The molecule has 1 aliphatic rings. The van der Waals surface area contributed by atoms with Crippen molar-refractivity contribution in [2.45, 2.75) is 6.42 Å². The molecule has 0 fully saturated rings. The highest BCUT2D eigenvalue weighted by atomic mass is 16.6. The van der Waals surface area contributed by atoms with Crippen molar-refractivity contribution >= 4 is 23.2 Å². The zero-order chi connectivity index (χ0) is 18.3. The first-order valence-electron chi connectivity index (χ1n) is 7.54. The van der Waals surface area contributed by atoms with Crippen molar-refractivity contribution in [1.29, 1.82) is 0 Å². The lowest BCUT2D eigenvalue weighted by molar-refractivity contribution is -0.386. The maximum Gasteiger partial charge on any atom is 0.326 e. The van der Waals surface area contributed by atoms with Crippen LogP contribution < -0.4 is 4.90 Å². The Hall–Kier alpha value is -3.35. The van der Waals surface area contributed by atoms with Crippen LogP contribution in [-0.4, -0.2) is 35.0 Å². The summed E-state index contributed by atoms with van der Waals surface area (Å²) in [6, 6.07) is 8.70. The third kappa shape index (κ3) is 2.80. The van der Waals surface area contributed by atoms with Gasteiger partial charge in [0.15, 0.2) is 11.5 Å². The zero-order valence-corrected chi connectivity index (χ0v) is 13.7. The van der Waals surface area contributed by atoms with Gasteiger partial charge in [-0.25, -0.2) is 0 Å². The van der Waals surface area contributed by atoms with Gasteiger partial charge in [0.2, 0.25) is 5.75 Å². The summed E-state index contributed by atoms with van der Waals surface area (Å²) in [5.41, 5.74) is 1.61. The largest absolute Gasteiger partial charge is 0.504 e. The molecule has 1 aliphatic carbocycles. The van der Waals surface area contributed by atoms with E-state index in [9.17, 15) is 25.1 Å². The molecule has 2 N–H and O–H groups in total. The van der Waals surface area contributed by atoms with E-state index >= 15 is 0 Å². The number of nitro groups is 1. The van der Waals surface area contributed by atoms with Crippen molar-refractivity contribution in [3.05, 3.63) is 62.7 Å². The summed E-state index contributed by atoms with van der Waals surface area (Å²) in [6.07, 6.45) is 1.83. The van der Waals surface area contributed by atoms with Crippen LogP contribution in [0.25, 0.3) is 6.08 Å². The molecule has 7 heteroatoms. The van der Waals surface area contributed by atoms with Crippen LogP contribution >= 0.6 is 0 Å². The first-order chi connectivity index (χ1) is 11.8. The van der Waals surface area contributed by atoms with E-state index in [0.29, 0.717) is 11.1 Å². The Morgan fingerprint density at radius 2 is 1.84 bits per heavy atom. The molecule has 3 rings (SSSR count). The number of hydrogen-bond donors (Lipinski definition) is 2. The molecular weight excluding hydrogens is 324 g/mol. The molecule has 0 heterocycles. The molecule has 0 unspecified atom stereocenters. The zero-order valence-electron chi connectivity index (χ0n) is 13.7. The molecule has 0 aliphatic heterocycles. The summed E-state index contributed by atoms with van der Waals surface area (Å²) in [6.45, 7) is 0. The number of aromatic hydroxyl groups is 2. The van der Waals surface area contributed by atoms with E-state index in [0.717, 1.165) is 11.3 Å². The molecule has 128 valence electrons. The second-order valence-corrected chi connectivity index (χ2v) is 6.05. The number of benzene rings is 2.